The summed E-state index contributed by atoms with van der Waals surface area (Å²) in [4.78, 5) is 8.80. The van der Waals surface area contributed by atoms with Gasteiger partial charge in [0.15, 0.2) is 0 Å². The zero-order valence-electron chi connectivity index (χ0n) is 23.9. The Bertz CT molecular complexity index is 1710. The van der Waals surface area contributed by atoms with E-state index in [1.54, 1.807) is 18.2 Å². The molecule has 37 heavy (non-hydrogen) atoms. The number of para-hydroxylation sites is 1. The number of furan rings is 1. The standard InChI is InChI=1S/C20H18NOSi.C12H10N.Ir/c1-23(2,3)14-11-12-18(21-13-14)17-9-6-8-16-15-7-4-5-10-19(15)22-20(16)17;1-10-7-8-12(13-9-10)11-5-3-2-4-6-11;/h4-8,10-13H,1-3H3;2-5,7-9H,1H3;/q2*-1;/i;1D3;. The van der Waals surface area contributed by atoms with E-state index in [2.05, 4.69) is 66.0 Å². The van der Waals surface area contributed by atoms with Gasteiger partial charge in [-0.25, -0.2) is 0 Å². The molecule has 0 aliphatic carbocycles. The number of rotatable bonds is 3. The third-order valence-corrected chi connectivity index (χ3v) is 8.00. The van der Waals surface area contributed by atoms with E-state index in [1.807, 2.05) is 48.7 Å². The van der Waals surface area contributed by atoms with Gasteiger partial charge in [-0.1, -0.05) is 73.1 Å². The molecule has 0 atom stereocenters. The summed E-state index contributed by atoms with van der Waals surface area (Å²) in [6.45, 7) is 4.90. The van der Waals surface area contributed by atoms with Crippen molar-refractivity contribution in [2.45, 2.75) is 26.5 Å². The molecule has 0 unspecified atom stereocenters. The van der Waals surface area contributed by atoms with Gasteiger partial charge in [-0.3, -0.25) is 0 Å². The fourth-order valence-corrected chi connectivity index (χ4v) is 5.01. The molecule has 6 aromatic rings. The van der Waals surface area contributed by atoms with Crippen LogP contribution in [0, 0.1) is 19.0 Å². The van der Waals surface area contributed by atoms with Gasteiger partial charge in [-0.2, -0.15) is 0 Å². The predicted octanol–water partition coefficient (Wildman–Crippen LogP) is 7.85. The van der Waals surface area contributed by atoms with Crippen molar-refractivity contribution in [1.82, 2.24) is 9.97 Å². The van der Waals surface area contributed by atoms with Crippen molar-refractivity contribution in [2.75, 3.05) is 0 Å². The average molecular weight is 680 g/mol. The molecule has 0 saturated heterocycles. The second-order valence-corrected chi connectivity index (χ2v) is 14.7. The van der Waals surface area contributed by atoms with E-state index in [0.717, 1.165) is 44.5 Å². The Kier molecular flexibility index (Phi) is 6.99. The van der Waals surface area contributed by atoms with Gasteiger partial charge in [0, 0.05) is 42.0 Å². The Morgan fingerprint density at radius 2 is 1.54 bits per heavy atom. The molecule has 0 saturated carbocycles. The Morgan fingerprint density at radius 3 is 2.22 bits per heavy atom. The molecule has 0 amide bonds. The van der Waals surface area contributed by atoms with Crippen molar-refractivity contribution in [3.05, 3.63) is 115 Å². The maximum Gasteiger partial charge on any atom is 0.120 e. The maximum absolute atomic E-state index is 7.23. The summed E-state index contributed by atoms with van der Waals surface area (Å²) in [7, 11) is -1.33. The number of aryl methyl sites for hydroxylation is 1. The first-order valence-corrected chi connectivity index (χ1v) is 15.3. The Morgan fingerprint density at radius 1 is 0.757 bits per heavy atom. The van der Waals surface area contributed by atoms with Crippen LogP contribution in [-0.2, 0) is 20.1 Å². The minimum Gasteiger partial charge on any atom is -0.501 e. The zero-order valence-corrected chi connectivity index (χ0v) is 24.3. The first-order chi connectivity index (χ1) is 18.6. The summed E-state index contributed by atoms with van der Waals surface area (Å²) in [6, 6.07) is 33.5. The fourth-order valence-electron chi connectivity index (χ4n) is 3.97. The van der Waals surface area contributed by atoms with Crippen molar-refractivity contribution in [3.63, 3.8) is 0 Å². The van der Waals surface area contributed by atoms with Gasteiger partial charge >= 0.3 is 0 Å². The molecule has 1 radical (unpaired) electrons. The average Bonchev–Trinajstić information content (AvgIpc) is 3.32. The molecule has 0 fully saturated rings. The van der Waals surface area contributed by atoms with Gasteiger partial charge in [-0.15, -0.1) is 54.1 Å². The van der Waals surface area contributed by atoms with E-state index < -0.39 is 14.9 Å². The third kappa shape index (κ3) is 5.96. The number of benzene rings is 3. The topological polar surface area (TPSA) is 38.9 Å². The Labute approximate surface area is 237 Å². The van der Waals surface area contributed by atoms with Crippen LogP contribution in [0.2, 0.25) is 19.6 Å². The largest absolute Gasteiger partial charge is 0.501 e. The minimum absolute atomic E-state index is 0. The summed E-state index contributed by atoms with van der Waals surface area (Å²) in [5.74, 6) is 0. The van der Waals surface area contributed by atoms with E-state index in [-0.39, 0.29) is 25.7 Å². The van der Waals surface area contributed by atoms with Crippen LogP contribution in [0.3, 0.4) is 0 Å². The molecule has 0 bridgehead atoms. The maximum atomic E-state index is 7.23. The first-order valence-electron chi connectivity index (χ1n) is 13.3. The third-order valence-electron chi connectivity index (χ3n) is 5.97. The van der Waals surface area contributed by atoms with E-state index >= 15 is 0 Å². The number of hydrogen-bond acceptors (Lipinski definition) is 3. The zero-order chi connectivity index (χ0) is 27.6. The molecule has 3 aromatic heterocycles. The van der Waals surface area contributed by atoms with Crippen molar-refractivity contribution in [3.8, 4) is 22.5 Å². The van der Waals surface area contributed by atoms with Gasteiger partial charge < -0.3 is 14.4 Å². The Hall–Kier alpha value is -3.37. The summed E-state index contributed by atoms with van der Waals surface area (Å²) in [5, 5.41) is 3.61. The summed E-state index contributed by atoms with van der Waals surface area (Å²) in [5.41, 5.74) is 5.46. The first kappa shape index (κ1) is 22.8. The Balaban J connectivity index is 0.000000192. The second kappa shape index (κ2) is 11.3. The molecule has 6 rings (SSSR count). The molecule has 3 nitrogen and oxygen atoms in total. The van der Waals surface area contributed by atoms with Crippen LogP contribution < -0.4 is 5.19 Å². The van der Waals surface area contributed by atoms with E-state index in [0.29, 0.717) is 0 Å². The number of fused-ring (bicyclic) bond motifs is 3. The van der Waals surface area contributed by atoms with Crippen LogP contribution in [-0.4, -0.2) is 18.0 Å². The van der Waals surface area contributed by atoms with Crippen molar-refractivity contribution < 1.29 is 28.6 Å². The predicted molar refractivity (Wildman–Crippen MR) is 152 cm³/mol. The van der Waals surface area contributed by atoms with Crippen molar-refractivity contribution in [2.24, 2.45) is 0 Å². The molecular formula is C32H28IrN2OSi-2. The van der Waals surface area contributed by atoms with Crippen LogP contribution in [0.5, 0.6) is 0 Å². The fraction of sp³-hybridized carbons (Fsp3) is 0.125. The van der Waals surface area contributed by atoms with Crippen molar-refractivity contribution >= 4 is 35.2 Å². The van der Waals surface area contributed by atoms with Gasteiger partial charge in [0.1, 0.15) is 5.58 Å². The minimum atomic E-state index is -2.09. The smallest absolute Gasteiger partial charge is 0.120 e. The van der Waals surface area contributed by atoms with Gasteiger partial charge in [-0.05, 0) is 35.1 Å². The molecular weight excluding hydrogens is 649 g/mol. The van der Waals surface area contributed by atoms with Crippen LogP contribution in [0.15, 0.2) is 102 Å². The summed E-state index contributed by atoms with van der Waals surface area (Å²) >= 11 is 0. The molecule has 5 heteroatoms. The molecule has 0 aliphatic heterocycles. The van der Waals surface area contributed by atoms with Crippen LogP contribution in [0.4, 0.5) is 0 Å². The molecule has 0 spiro atoms. The summed E-state index contributed by atoms with van der Waals surface area (Å²) < 4.78 is 27.8. The molecule has 3 heterocycles. The van der Waals surface area contributed by atoms with E-state index in [1.165, 1.54) is 11.4 Å². The normalized spacial score (nSPS) is 12.6. The monoisotopic (exact) mass is 680 g/mol. The quantitative estimate of drug-likeness (QED) is 0.141. The van der Waals surface area contributed by atoms with Gasteiger partial charge in [0.05, 0.1) is 13.7 Å². The molecule has 187 valence electrons. The van der Waals surface area contributed by atoms with Gasteiger partial charge in [0.25, 0.3) is 0 Å². The van der Waals surface area contributed by atoms with Crippen LogP contribution >= 0.6 is 0 Å². The molecule has 0 aliphatic rings. The molecule has 0 N–H and O–H groups in total. The number of pyridine rings is 2. The van der Waals surface area contributed by atoms with E-state index in [9.17, 15) is 0 Å². The van der Waals surface area contributed by atoms with Crippen molar-refractivity contribution in [1.29, 1.82) is 0 Å². The van der Waals surface area contributed by atoms with Crippen LogP contribution in [0.1, 0.15) is 9.68 Å². The number of hydrogen-bond donors (Lipinski definition) is 0. The number of aromatic nitrogens is 2. The van der Waals surface area contributed by atoms with Crippen LogP contribution in [0.25, 0.3) is 44.5 Å². The van der Waals surface area contributed by atoms with Gasteiger partial charge in [0.2, 0.25) is 0 Å². The molecule has 3 aromatic carbocycles. The number of nitrogens with zero attached hydrogens (tertiary/aromatic N) is 2. The van der Waals surface area contributed by atoms with E-state index in [4.69, 9.17) is 8.53 Å². The second-order valence-electron chi connectivity index (χ2n) is 9.58. The SMILES string of the molecule is C[Si](C)(C)c1ccc(-c2[c-]ccc3c2oc2ccccc23)nc1.[2H]C([2H])([2H])c1ccc(-c2[c-]cccc2)nc1.[Ir]. The summed E-state index contributed by atoms with van der Waals surface area (Å²) in [6.07, 6.45) is 3.40.